The minimum absolute atomic E-state index is 0.377. The minimum Gasteiger partial charge on any atom is -0.494 e. The number of rotatable bonds is 18. The maximum absolute atomic E-state index is 12.4. The van der Waals surface area contributed by atoms with E-state index in [9.17, 15) is 4.79 Å². The SMILES string of the molecule is CCCCCCCCOc1ccc(C(=O)Oc2ccc(OCCCC[C@@H](C)CCC)cc2)cc1. The van der Waals surface area contributed by atoms with Crippen molar-refractivity contribution in [1.82, 2.24) is 0 Å². The third-order valence-electron chi connectivity index (χ3n) is 6.03. The highest BCUT2D eigenvalue weighted by Crippen LogP contribution is 2.21. The first-order valence-corrected chi connectivity index (χ1v) is 13.3. The fourth-order valence-corrected chi connectivity index (χ4v) is 3.95. The third kappa shape index (κ3) is 11.6. The molecule has 0 aromatic heterocycles. The molecule has 0 heterocycles. The van der Waals surface area contributed by atoms with Crippen LogP contribution in [-0.2, 0) is 0 Å². The third-order valence-corrected chi connectivity index (χ3v) is 6.03. The second kappa shape index (κ2) is 17.0. The second-order valence-corrected chi connectivity index (χ2v) is 9.24. The van der Waals surface area contributed by atoms with Gasteiger partial charge in [0.2, 0.25) is 0 Å². The molecule has 0 N–H and O–H groups in total. The maximum atomic E-state index is 12.4. The highest BCUT2D eigenvalue weighted by atomic mass is 16.5. The molecule has 0 amide bonds. The minimum atomic E-state index is -0.377. The Balaban J connectivity index is 1.66. The van der Waals surface area contributed by atoms with Gasteiger partial charge >= 0.3 is 5.97 Å². The molecular formula is C30H44O4. The summed E-state index contributed by atoms with van der Waals surface area (Å²) in [6.45, 7) is 8.22. The molecule has 0 saturated carbocycles. The van der Waals surface area contributed by atoms with Crippen LogP contribution in [0.15, 0.2) is 48.5 Å². The van der Waals surface area contributed by atoms with Crippen LogP contribution < -0.4 is 14.2 Å². The van der Waals surface area contributed by atoms with Crippen molar-refractivity contribution in [3.63, 3.8) is 0 Å². The lowest BCUT2D eigenvalue weighted by Gasteiger charge is -2.10. The van der Waals surface area contributed by atoms with Gasteiger partial charge in [0.1, 0.15) is 17.2 Å². The highest BCUT2D eigenvalue weighted by Gasteiger charge is 2.09. The average molecular weight is 469 g/mol. The van der Waals surface area contributed by atoms with Crippen molar-refractivity contribution in [3.8, 4) is 17.2 Å². The quantitative estimate of drug-likeness (QED) is 0.125. The van der Waals surface area contributed by atoms with E-state index in [1.54, 1.807) is 24.3 Å². The molecule has 188 valence electrons. The normalized spacial score (nSPS) is 11.7. The lowest BCUT2D eigenvalue weighted by atomic mass is 9.99. The Hall–Kier alpha value is -2.49. The van der Waals surface area contributed by atoms with Gasteiger partial charge in [-0.15, -0.1) is 0 Å². The van der Waals surface area contributed by atoms with Gasteiger partial charge in [0.25, 0.3) is 0 Å². The molecular weight excluding hydrogens is 424 g/mol. The van der Waals surface area contributed by atoms with Crippen LogP contribution in [0.25, 0.3) is 0 Å². The van der Waals surface area contributed by atoms with Gasteiger partial charge in [-0.2, -0.15) is 0 Å². The Labute approximate surface area is 207 Å². The van der Waals surface area contributed by atoms with Crippen LogP contribution in [0.5, 0.6) is 17.2 Å². The van der Waals surface area contributed by atoms with E-state index < -0.39 is 0 Å². The second-order valence-electron chi connectivity index (χ2n) is 9.24. The molecule has 0 radical (unpaired) electrons. The molecule has 0 bridgehead atoms. The first-order chi connectivity index (χ1) is 16.6. The predicted octanol–water partition coefficient (Wildman–Crippen LogP) is 8.63. The Morgan fingerprint density at radius 1 is 0.647 bits per heavy atom. The predicted molar refractivity (Wildman–Crippen MR) is 140 cm³/mol. The first-order valence-electron chi connectivity index (χ1n) is 13.3. The lowest BCUT2D eigenvalue weighted by molar-refractivity contribution is 0.0734. The highest BCUT2D eigenvalue weighted by molar-refractivity contribution is 5.91. The molecule has 0 aliphatic heterocycles. The molecule has 4 heteroatoms. The summed E-state index contributed by atoms with van der Waals surface area (Å²) >= 11 is 0. The summed E-state index contributed by atoms with van der Waals surface area (Å²) in [7, 11) is 0. The van der Waals surface area contributed by atoms with Crippen molar-refractivity contribution in [3.05, 3.63) is 54.1 Å². The summed E-state index contributed by atoms with van der Waals surface area (Å²) < 4.78 is 17.1. The van der Waals surface area contributed by atoms with Crippen molar-refractivity contribution >= 4 is 5.97 Å². The van der Waals surface area contributed by atoms with Crippen LogP contribution >= 0.6 is 0 Å². The van der Waals surface area contributed by atoms with Crippen molar-refractivity contribution < 1.29 is 19.0 Å². The zero-order valence-corrected chi connectivity index (χ0v) is 21.5. The number of benzene rings is 2. The van der Waals surface area contributed by atoms with Crippen LogP contribution in [0.3, 0.4) is 0 Å². The van der Waals surface area contributed by atoms with E-state index in [0.29, 0.717) is 24.5 Å². The average Bonchev–Trinajstić information content (AvgIpc) is 2.85. The number of carbonyl (C=O) groups excluding carboxylic acids is 1. The molecule has 34 heavy (non-hydrogen) atoms. The molecule has 2 aromatic carbocycles. The zero-order chi connectivity index (χ0) is 24.4. The molecule has 2 aromatic rings. The summed E-state index contributed by atoms with van der Waals surface area (Å²) in [6.07, 6.45) is 13.5. The molecule has 0 unspecified atom stereocenters. The molecule has 0 fully saturated rings. The Bertz CT molecular complexity index is 782. The van der Waals surface area contributed by atoms with Gasteiger partial charge < -0.3 is 14.2 Å². The van der Waals surface area contributed by atoms with Crippen LogP contribution in [0.4, 0.5) is 0 Å². The van der Waals surface area contributed by atoms with Gasteiger partial charge in [0, 0.05) is 0 Å². The monoisotopic (exact) mass is 468 g/mol. The van der Waals surface area contributed by atoms with Crippen LogP contribution in [-0.4, -0.2) is 19.2 Å². The summed E-state index contributed by atoms with van der Waals surface area (Å²) in [5, 5.41) is 0. The summed E-state index contributed by atoms with van der Waals surface area (Å²) in [6, 6.07) is 14.4. The number of carbonyl (C=O) groups is 1. The van der Waals surface area contributed by atoms with E-state index in [0.717, 1.165) is 30.3 Å². The van der Waals surface area contributed by atoms with Crippen molar-refractivity contribution in [1.29, 1.82) is 0 Å². The number of hydrogen-bond acceptors (Lipinski definition) is 4. The van der Waals surface area contributed by atoms with E-state index >= 15 is 0 Å². The smallest absolute Gasteiger partial charge is 0.343 e. The fourth-order valence-electron chi connectivity index (χ4n) is 3.95. The summed E-state index contributed by atoms with van der Waals surface area (Å²) in [5.41, 5.74) is 0.504. The van der Waals surface area contributed by atoms with E-state index in [2.05, 4.69) is 20.8 Å². The van der Waals surface area contributed by atoms with E-state index in [1.807, 2.05) is 24.3 Å². The van der Waals surface area contributed by atoms with Crippen molar-refractivity contribution in [2.24, 2.45) is 5.92 Å². The van der Waals surface area contributed by atoms with E-state index in [-0.39, 0.29) is 5.97 Å². The Kier molecular flexibility index (Phi) is 13.9. The first kappa shape index (κ1) is 27.8. The van der Waals surface area contributed by atoms with Gasteiger partial charge in [-0.25, -0.2) is 4.79 Å². The largest absolute Gasteiger partial charge is 0.494 e. The molecule has 0 spiro atoms. The van der Waals surface area contributed by atoms with Gasteiger partial charge in [-0.05, 0) is 73.7 Å². The molecule has 1 atom stereocenters. The maximum Gasteiger partial charge on any atom is 0.343 e. The molecule has 0 saturated heterocycles. The Morgan fingerprint density at radius 3 is 1.79 bits per heavy atom. The van der Waals surface area contributed by atoms with Gasteiger partial charge in [0.15, 0.2) is 0 Å². The molecule has 0 aliphatic carbocycles. The van der Waals surface area contributed by atoms with Crippen LogP contribution in [0.2, 0.25) is 0 Å². The summed E-state index contributed by atoms with van der Waals surface area (Å²) in [4.78, 5) is 12.4. The van der Waals surface area contributed by atoms with E-state index in [1.165, 1.54) is 57.8 Å². The topological polar surface area (TPSA) is 44.8 Å². The van der Waals surface area contributed by atoms with Crippen LogP contribution in [0.1, 0.15) is 102 Å². The Morgan fingerprint density at radius 2 is 1.18 bits per heavy atom. The summed E-state index contributed by atoms with van der Waals surface area (Å²) in [5.74, 6) is 2.51. The standard InChI is InChI=1S/C30H44O4/c1-4-6-7-8-9-11-23-32-27-17-15-26(16-18-27)30(31)34-29-21-19-28(20-22-29)33-24-12-10-14-25(3)13-5-2/h15-22,25H,4-14,23-24H2,1-3H3/t25-/m0/s1. The van der Waals surface area contributed by atoms with Crippen LogP contribution in [0, 0.1) is 5.92 Å². The number of ether oxygens (including phenoxy) is 3. The number of unbranched alkanes of at least 4 members (excludes halogenated alkanes) is 6. The van der Waals surface area contributed by atoms with Gasteiger partial charge in [-0.3, -0.25) is 0 Å². The molecule has 4 nitrogen and oxygen atoms in total. The lowest BCUT2D eigenvalue weighted by Crippen LogP contribution is -2.08. The fraction of sp³-hybridized carbons (Fsp3) is 0.567. The molecule has 2 rings (SSSR count). The van der Waals surface area contributed by atoms with Crippen molar-refractivity contribution in [2.45, 2.75) is 91.4 Å². The van der Waals surface area contributed by atoms with Gasteiger partial charge in [-0.1, -0.05) is 72.1 Å². The number of esters is 1. The zero-order valence-electron chi connectivity index (χ0n) is 21.5. The number of hydrogen-bond donors (Lipinski definition) is 0. The van der Waals surface area contributed by atoms with E-state index in [4.69, 9.17) is 14.2 Å². The van der Waals surface area contributed by atoms with Crippen molar-refractivity contribution in [2.75, 3.05) is 13.2 Å². The molecule has 0 aliphatic rings. The van der Waals surface area contributed by atoms with Gasteiger partial charge in [0.05, 0.1) is 18.8 Å².